The van der Waals surface area contributed by atoms with Crippen molar-refractivity contribution in [2.75, 3.05) is 11.1 Å². The molecule has 2 aromatic heterocycles. The lowest BCUT2D eigenvalue weighted by Crippen LogP contribution is -2.21. The summed E-state index contributed by atoms with van der Waals surface area (Å²) in [6.45, 7) is 0. The Morgan fingerprint density at radius 2 is 1.86 bits per heavy atom. The number of hydrogen-bond acceptors (Lipinski definition) is 6. The second kappa shape index (κ2) is 8.84. The van der Waals surface area contributed by atoms with Crippen LogP contribution in [0.5, 0.6) is 0 Å². The summed E-state index contributed by atoms with van der Waals surface area (Å²) in [5, 5.41) is 11.7. The van der Waals surface area contributed by atoms with Gasteiger partial charge in [-0.2, -0.15) is 0 Å². The highest BCUT2D eigenvalue weighted by atomic mass is 32.2. The molecule has 2 amide bonds. The van der Waals surface area contributed by atoms with E-state index < -0.39 is 28.6 Å². The highest BCUT2D eigenvalue weighted by Gasteiger charge is 2.19. The van der Waals surface area contributed by atoms with Gasteiger partial charge in [0.2, 0.25) is 11.7 Å². The highest BCUT2D eigenvalue weighted by Crippen LogP contribution is 2.35. The average Bonchev–Trinajstić information content (AvgIpc) is 3.29. The largest absolute Gasteiger partial charge is 0.475 e. The predicted octanol–water partition coefficient (Wildman–Crippen LogP) is 2.69. The van der Waals surface area contributed by atoms with Crippen molar-refractivity contribution in [3.63, 3.8) is 0 Å². The van der Waals surface area contributed by atoms with Crippen LogP contribution in [-0.4, -0.2) is 32.9 Å². The molecular formula is C19H16N2O6S2. The molecule has 4 N–H and O–H groups in total. The zero-order chi connectivity index (χ0) is 21.0. The maximum atomic E-state index is 12.3. The number of primary amides is 1. The molecule has 0 saturated heterocycles. The number of nitrogens with one attached hydrogen (secondary N) is 1. The van der Waals surface area contributed by atoms with Crippen molar-refractivity contribution in [1.82, 2.24) is 0 Å². The number of rotatable bonds is 8. The number of carbonyl (C=O) groups excluding carboxylic acids is 2. The number of benzene rings is 1. The van der Waals surface area contributed by atoms with E-state index in [0.29, 0.717) is 0 Å². The second-order valence-corrected chi connectivity index (χ2v) is 8.44. The first-order chi connectivity index (χ1) is 13.8. The molecule has 0 bridgehead atoms. The van der Waals surface area contributed by atoms with Gasteiger partial charge in [0.05, 0.1) is 11.3 Å². The number of carbonyl (C=O) groups is 3. The number of furan rings is 1. The third-order valence-corrected chi connectivity index (χ3v) is 6.07. The van der Waals surface area contributed by atoms with E-state index in [1.807, 2.05) is 30.3 Å². The van der Waals surface area contributed by atoms with Crippen molar-refractivity contribution in [3.8, 4) is 10.4 Å². The first-order valence-electron chi connectivity index (χ1n) is 8.29. The van der Waals surface area contributed by atoms with Gasteiger partial charge in [-0.1, -0.05) is 30.3 Å². The number of amides is 2. The molecule has 0 saturated carbocycles. The summed E-state index contributed by atoms with van der Waals surface area (Å²) < 4.78 is 17.2. The van der Waals surface area contributed by atoms with E-state index in [4.69, 9.17) is 15.3 Å². The van der Waals surface area contributed by atoms with Crippen LogP contribution in [0.15, 0.2) is 52.9 Å². The van der Waals surface area contributed by atoms with Crippen LogP contribution in [0, 0.1) is 0 Å². The normalized spacial score (nSPS) is 11.7. The van der Waals surface area contributed by atoms with Crippen molar-refractivity contribution in [2.24, 2.45) is 5.73 Å². The number of carboxylic acids is 1. The van der Waals surface area contributed by atoms with E-state index >= 15 is 0 Å². The lowest BCUT2D eigenvalue weighted by atomic mass is 10.1. The zero-order valence-corrected chi connectivity index (χ0v) is 16.5. The zero-order valence-electron chi connectivity index (χ0n) is 14.9. The summed E-state index contributed by atoms with van der Waals surface area (Å²) >= 11 is 1.19. The van der Waals surface area contributed by atoms with Gasteiger partial charge in [0, 0.05) is 15.7 Å². The third kappa shape index (κ3) is 5.18. The number of thiophene rings is 1. The number of nitrogens with two attached hydrogens (primary N) is 1. The Balaban J connectivity index is 1.68. The van der Waals surface area contributed by atoms with Crippen molar-refractivity contribution in [2.45, 2.75) is 5.75 Å². The van der Waals surface area contributed by atoms with Crippen LogP contribution in [0.25, 0.3) is 10.4 Å². The molecule has 0 aliphatic carbocycles. The van der Waals surface area contributed by atoms with Crippen LogP contribution < -0.4 is 11.1 Å². The predicted molar refractivity (Wildman–Crippen MR) is 109 cm³/mol. The number of carboxylic acid groups (broad SMARTS) is 1. The Bertz CT molecular complexity index is 1090. The van der Waals surface area contributed by atoms with Gasteiger partial charge in [0.15, 0.2) is 0 Å². The molecule has 0 aliphatic rings. The quantitative estimate of drug-likeness (QED) is 0.500. The third-order valence-electron chi connectivity index (χ3n) is 3.78. The lowest BCUT2D eigenvalue weighted by molar-refractivity contribution is -0.113. The van der Waals surface area contributed by atoms with Crippen LogP contribution in [0.1, 0.15) is 26.7 Å². The number of hydrogen-bond donors (Lipinski definition) is 3. The van der Waals surface area contributed by atoms with E-state index in [1.165, 1.54) is 23.5 Å². The van der Waals surface area contributed by atoms with Crippen molar-refractivity contribution >= 4 is 44.9 Å². The summed E-state index contributed by atoms with van der Waals surface area (Å²) in [5.74, 6) is -2.99. The Hall–Kier alpha value is -3.24. The first-order valence-corrected chi connectivity index (χ1v) is 10.6. The Labute approximate surface area is 171 Å². The van der Waals surface area contributed by atoms with E-state index in [1.54, 1.807) is 6.07 Å². The van der Waals surface area contributed by atoms with Gasteiger partial charge in [0.25, 0.3) is 5.91 Å². The van der Waals surface area contributed by atoms with Gasteiger partial charge in [-0.05, 0) is 23.8 Å². The highest BCUT2D eigenvalue weighted by molar-refractivity contribution is 7.84. The summed E-state index contributed by atoms with van der Waals surface area (Å²) in [6, 6.07) is 13.6. The van der Waals surface area contributed by atoms with Crippen molar-refractivity contribution < 1.29 is 28.1 Å². The maximum Gasteiger partial charge on any atom is 0.371 e. The van der Waals surface area contributed by atoms with Gasteiger partial charge in [0.1, 0.15) is 16.5 Å². The molecule has 2 heterocycles. The van der Waals surface area contributed by atoms with Gasteiger partial charge in [-0.3, -0.25) is 13.8 Å². The van der Waals surface area contributed by atoms with Crippen LogP contribution in [0.3, 0.4) is 0 Å². The maximum absolute atomic E-state index is 12.3. The van der Waals surface area contributed by atoms with Crippen molar-refractivity contribution in [3.05, 3.63) is 65.6 Å². The molecule has 0 radical (unpaired) electrons. The Morgan fingerprint density at radius 1 is 1.14 bits per heavy atom. The number of aromatic carboxylic acids is 1. The SMILES string of the molecule is NC(=O)c1cc(-c2ccccc2)sc1NC(=O)CS(=O)Cc1ccc(C(=O)O)o1. The fourth-order valence-corrected chi connectivity index (χ4v) is 4.52. The fourth-order valence-electron chi connectivity index (χ4n) is 2.50. The fraction of sp³-hybridized carbons (Fsp3) is 0.105. The molecule has 29 heavy (non-hydrogen) atoms. The monoisotopic (exact) mass is 432 g/mol. The van der Waals surface area contributed by atoms with Crippen LogP contribution >= 0.6 is 11.3 Å². The minimum Gasteiger partial charge on any atom is -0.475 e. The van der Waals surface area contributed by atoms with Crippen LogP contribution in [0.2, 0.25) is 0 Å². The molecule has 1 aromatic carbocycles. The minimum absolute atomic E-state index is 0.108. The van der Waals surface area contributed by atoms with Gasteiger partial charge in [-0.15, -0.1) is 11.3 Å². The minimum atomic E-state index is -1.63. The Kier molecular flexibility index (Phi) is 6.25. The molecule has 1 atom stereocenters. The molecule has 10 heteroatoms. The molecule has 0 spiro atoms. The topological polar surface area (TPSA) is 140 Å². The molecule has 3 aromatic rings. The molecular weight excluding hydrogens is 416 g/mol. The molecule has 150 valence electrons. The Morgan fingerprint density at radius 3 is 2.48 bits per heavy atom. The van der Waals surface area contributed by atoms with Gasteiger partial charge < -0.3 is 20.6 Å². The average molecular weight is 432 g/mol. The lowest BCUT2D eigenvalue weighted by Gasteiger charge is -2.04. The smallest absolute Gasteiger partial charge is 0.371 e. The van der Waals surface area contributed by atoms with E-state index in [0.717, 1.165) is 10.4 Å². The summed E-state index contributed by atoms with van der Waals surface area (Å²) in [7, 11) is -1.63. The van der Waals surface area contributed by atoms with Gasteiger partial charge >= 0.3 is 5.97 Å². The molecule has 8 nitrogen and oxygen atoms in total. The van der Waals surface area contributed by atoms with Crippen LogP contribution in [-0.2, 0) is 21.3 Å². The number of anilines is 1. The molecule has 0 fully saturated rings. The molecule has 3 rings (SSSR count). The van der Waals surface area contributed by atoms with Crippen LogP contribution in [0.4, 0.5) is 5.00 Å². The van der Waals surface area contributed by atoms with E-state index in [9.17, 15) is 18.6 Å². The summed E-state index contributed by atoms with van der Waals surface area (Å²) in [4.78, 5) is 35.6. The van der Waals surface area contributed by atoms with Gasteiger partial charge in [-0.25, -0.2) is 4.79 Å². The summed E-state index contributed by atoms with van der Waals surface area (Å²) in [5.41, 5.74) is 6.45. The molecule has 0 aliphatic heterocycles. The van der Waals surface area contributed by atoms with Crippen molar-refractivity contribution in [1.29, 1.82) is 0 Å². The summed E-state index contributed by atoms with van der Waals surface area (Å²) in [6.07, 6.45) is 0. The second-order valence-electron chi connectivity index (χ2n) is 5.93. The standard InChI is InChI=1S/C19H16N2O6S2/c20-17(23)13-8-15(11-4-2-1-3-5-11)28-18(13)21-16(22)10-29(26)9-12-6-7-14(27-12)19(24)25/h1-8H,9-10H2,(H2,20,23)(H,21,22)(H,24,25). The van der Waals surface area contributed by atoms with E-state index in [2.05, 4.69) is 5.32 Å². The molecule has 1 unspecified atom stereocenters. The first kappa shape index (κ1) is 20.5. The van der Waals surface area contributed by atoms with E-state index in [-0.39, 0.29) is 33.6 Å².